The van der Waals surface area contributed by atoms with Crippen molar-refractivity contribution in [3.05, 3.63) is 134 Å². The van der Waals surface area contributed by atoms with Crippen LogP contribution in [0.15, 0.2) is 142 Å². The maximum atomic E-state index is 6.43. The number of rotatable bonds is 2. The molecular weight excluding hydrogens is 545 g/mol. The second-order valence-corrected chi connectivity index (χ2v) is 12.3. The zero-order chi connectivity index (χ0) is 28.1. The Morgan fingerprint density at radius 1 is 0.488 bits per heavy atom. The van der Waals surface area contributed by atoms with E-state index in [0.29, 0.717) is 0 Å². The van der Waals surface area contributed by atoms with Crippen molar-refractivity contribution in [3.63, 3.8) is 0 Å². The van der Waals surface area contributed by atoms with Gasteiger partial charge in [-0.25, -0.2) is 0 Å². The molecule has 0 aliphatic carbocycles. The second kappa shape index (κ2) is 8.57. The van der Waals surface area contributed by atoms with E-state index in [-0.39, 0.29) is 0 Å². The highest BCUT2D eigenvalue weighted by Crippen LogP contribution is 2.48. The molecule has 3 heterocycles. The lowest BCUT2D eigenvalue weighted by molar-refractivity contribution is 0.618. The smallest absolute Gasteiger partial charge is 0.145 e. The van der Waals surface area contributed by atoms with Gasteiger partial charge in [0.2, 0.25) is 0 Å². The molecule has 0 saturated carbocycles. The summed E-state index contributed by atoms with van der Waals surface area (Å²) in [7, 11) is 0. The van der Waals surface area contributed by atoms with Crippen molar-refractivity contribution in [1.82, 2.24) is 0 Å². The van der Waals surface area contributed by atoms with E-state index in [1.54, 1.807) is 6.26 Å². The third-order valence-corrected chi connectivity index (χ3v) is 10.2. The van der Waals surface area contributed by atoms with E-state index >= 15 is 0 Å². The van der Waals surface area contributed by atoms with Crippen molar-refractivity contribution < 1.29 is 8.83 Å². The Morgan fingerprint density at radius 2 is 1.19 bits per heavy atom. The summed E-state index contributed by atoms with van der Waals surface area (Å²) < 4.78 is 15.0. The van der Waals surface area contributed by atoms with Gasteiger partial charge in [-0.05, 0) is 74.6 Å². The van der Waals surface area contributed by atoms with Crippen molar-refractivity contribution in [3.8, 4) is 22.3 Å². The first kappa shape index (κ1) is 23.2. The number of hydrogen-bond donors (Lipinski definition) is 0. The maximum absolute atomic E-state index is 6.43. The highest BCUT2D eigenvalue weighted by Gasteiger charge is 2.20. The quantitative estimate of drug-likeness (QED) is 0.195. The van der Waals surface area contributed by atoms with Crippen molar-refractivity contribution in [1.29, 1.82) is 0 Å². The Kier molecular flexibility index (Phi) is 4.63. The van der Waals surface area contributed by atoms with Gasteiger partial charge in [0.05, 0.1) is 11.6 Å². The van der Waals surface area contributed by atoms with Crippen LogP contribution < -0.4 is 0 Å². The molecule has 0 spiro atoms. The zero-order valence-corrected chi connectivity index (χ0v) is 23.7. The molecule has 2 nitrogen and oxygen atoms in total. The Labute approximate surface area is 250 Å². The normalized spacial score (nSPS) is 12.2. The zero-order valence-electron chi connectivity index (χ0n) is 22.9. The highest BCUT2D eigenvalue weighted by atomic mass is 32.1. The summed E-state index contributed by atoms with van der Waals surface area (Å²) in [5.41, 5.74) is 7.52. The third-order valence-electron chi connectivity index (χ3n) is 8.95. The van der Waals surface area contributed by atoms with Gasteiger partial charge in [-0.2, -0.15) is 0 Å². The molecule has 0 saturated heterocycles. The number of fused-ring (bicyclic) bond motifs is 10. The molecule has 10 rings (SSSR count). The monoisotopic (exact) mass is 566 g/mol. The van der Waals surface area contributed by atoms with Gasteiger partial charge < -0.3 is 8.83 Å². The van der Waals surface area contributed by atoms with Gasteiger partial charge in [0.1, 0.15) is 16.7 Å². The SMILES string of the molecule is c1ccc2c(c1)sc1c(-c3c4ccccc4c(-c4ccc5c(c4)oc4ccc6ccoc6c45)c4ccccc34)cccc12. The van der Waals surface area contributed by atoms with Crippen LogP contribution in [0.2, 0.25) is 0 Å². The fraction of sp³-hybridized carbons (Fsp3) is 0. The minimum atomic E-state index is 0.844. The van der Waals surface area contributed by atoms with E-state index in [1.165, 1.54) is 58.4 Å². The van der Waals surface area contributed by atoms with E-state index in [9.17, 15) is 0 Å². The van der Waals surface area contributed by atoms with Gasteiger partial charge >= 0.3 is 0 Å². The summed E-state index contributed by atoms with van der Waals surface area (Å²) in [5.74, 6) is 0. The van der Waals surface area contributed by atoms with Crippen LogP contribution in [-0.4, -0.2) is 0 Å². The molecule has 3 heteroatoms. The molecule has 0 bridgehead atoms. The summed E-state index contributed by atoms with van der Waals surface area (Å²) in [4.78, 5) is 0. The molecule has 0 radical (unpaired) electrons. The van der Waals surface area contributed by atoms with Crippen LogP contribution in [0.5, 0.6) is 0 Å². The lowest BCUT2D eigenvalue weighted by Crippen LogP contribution is -1.91. The molecule has 200 valence electrons. The summed E-state index contributed by atoms with van der Waals surface area (Å²) in [6, 6.07) is 45.9. The van der Waals surface area contributed by atoms with Crippen LogP contribution in [0.4, 0.5) is 0 Å². The standard InChI is InChI=1S/C40H22O2S/c1-3-11-28-26(9-1)36(24-16-18-31-34(22-24)42-33-19-17-23-20-21-41-39(23)38(31)33)27-10-2-4-12-29(27)37(28)32-14-7-13-30-25-8-5-6-15-35(25)43-40(30)32/h1-22H. The fourth-order valence-corrected chi connectivity index (χ4v) is 8.34. The van der Waals surface area contributed by atoms with Gasteiger partial charge in [0.25, 0.3) is 0 Å². The van der Waals surface area contributed by atoms with Crippen LogP contribution in [0.25, 0.3) is 96.9 Å². The number of benzene rings is 7. The number of hydrogen-bond acceptors (Lipinski definition) is 3. The second-order valence-electron chi connectivity index (χ2n) is 11.2. The molecule has 0 unspecified atom stereocenters. The van der Waals surface area contributed by atoms with Gasteiger partial charge in [0.15, 0.2) is 0 Å². The Morgan fingerprint density at radius 3 is 1.98 bits per heavy atom. The Balaban J connectivity index is 1.30. The first-order valence-corrected chi connectivity index (χ1v) is 15.3. The van der Waals surface area contributed by atoms with Gasteiger partial charge in [-0.1, -0.05) is 91.0 Å². The summed E-state index contributed by atoms with van der Waals surface area (Å²) >= 11 is 1.89. The Bertz CT molecular complexity index is 2680. The Hall–Kier alpha value is -5.38. The lowest BCUT2D eigenvalue weighted by atomic mass is 9.85. The molecule has 3 aromatic heterocycles. The van der Waals surface area contributed by atoms with Crippen LogP contribution in [0.3, 0.4) is 0 Å². The first-order chi connectivity index (χ1) is 21.3. The van der Waals surface area contributed by atoms with Crippen LogP contribution in [-0.2, 0) is 0 Å². The third kappa shape index (κ3) is 3.17. The molecule has 10 aromatic rings. The minimum Gasteiger partial charge on any atom is -0.464 e. The summed E-state index contributed by atoms with van der Waals surface area (Å²) in [6.07, 6.45) is 1.75. The number of thiophene rings is 1. The molecule has 7 aromatic carbocycles. The van der Waals surface area contributed by atoms with Crippen molar-refractivity contribution in [2.45, 2.75) is 0 Å². The predicted octanol–water partition coefficient (Wildman–Crippen LogP) is 12.3. The summed E-state index contributed by atoms with van der Waals surface area (Å²) in [6.45, 7) is 0. The molecule has 0 fully saturated rings. The van der Waals surface area contributed by atoms with Crippen LogP contribution >= 0.6 is 11.3 Å². The average molecular weight is 567 g/mol. The van der Waals surface area contributed by atoms with Gasteiger partial charge in [0, 0.05) is 36.5 Å². The summed E-state index contributed by atoms with van der Waals surface area (Å²) in [5, 5.41) is 10.8. The fourth-order valence-electron chi connectivity index (χ4n) is 7.12. The largest absolute Gasteiger partial charge is 0.464 e. The van der Waals surface area contributed by atoms with Gasteiger partial charge in [-0.3, -0.25) is 0 Å². The molecule has 43 heavy (non-hydrogen) atoms. The number of furan rings is 2. The molecule has 0 amide bonds. The topological polar surface area (TPSA) is 26.3 Å². The van der Waals surface area contributed by atoms with Crippen molar-refractivity contribution in [2.75, 3.05) is 0 Å². The molecule has 0 aliphatic heterocycles. The van der Waals surface area contributed by atoms with E-state index in [1.807, 2.05) is 23.5 Å². The van der Waals surface area contributed by atoms with E-state index in [2.05, 4.69) is 115 Å². The van der Waals surface area contributed by atoms with E-state index in [0.717, 1.165) is 38.5 Å². The average Bonchev–Trinajstić information content (AvgIpc) is 3.78. The van der Waals surface area contributed by atoms with Crippen molar-refractivity contribution in [2.24, 2.45) is 0 Å². The first-order valence-electron chi connectivity index (χ1n) is 14.5. The van der Waals surface area contributed by atoms with Crippen molar-refractivity contribution >= 4 is 86.0 Å². The van der Waals surface area contributed by atoms with Crippen LogP contribution in [0.1, 0.15) is 0 Å². The maximum Gasteiger partial charge on any atom is 0.145 e. The molecule has 0 aliphatic rings. The molecule has 0 atom stereocenters. The van der Waals surface area contributed by atoms with E-state index in [4.69, 9.17) is 8.83 Å². The lowest BCUT2D eigenvalue weighted by Gasteiger charge is -2.18. The van der Waals surface area contributed by atoms with Gasteiger partial charge in [-0.15, -0.1) is 11.3 Å². The highest BCUT2D eigenvalue weighted by molar-refractivity contribution is 7.26. The minimum absolute atomic E-state index is 0.844. The molecular formula is C40H22O2S. The molecule has 0 N–H and O–H groups in total. The predicted molar refractivity (Wildman–Crippen MR) is 182 cm³/mol. The van der Waals surface area contributed by atoms with E-state index < -0.39 is 0 Å². The van der Waals surface area contributed by atoms with Crippen LogP contribution in [0, 0.1) is 0 Å².